The van der Waals surface area contributed by atoms with Crippen LogP contribution in [0, 0.1) is 27.2 Å². The average Bonchev–Trinajstić information content (AvgIpc) is 2.66. The zero-order valence-corrected chi connectivity index (χ0v) is 20.0. The topological polar surface area (TPSA) is 23.8 Å². The van der Waals surface area contributed by atoms with E-state index in [0.29, 0.717) is 0 Å². The summed E-state index contributed by atoms with van der Waals surface area (Å²) in [5.41, 5.74) is 1.58. The predicted octanol–water partition coefficient (Wildman–Crippen LogP) is 5.19. The third-order valence-corrected chi connectivity index (χ3v) is 2.21. The van der Waals surface area contributed by atoms with Crippen LogP contribution in [0.3, 0.4) is 0 Å². The molecular weight excluding hydrogens is 400 g/mol. The molecule has 0 aromatic heterocycles. The molecule has 1 atom stereocenters. The normalized spacial score (nSPS) is 17.1. The van der Waals surface area contributed by atoms with Crippen LogP contribution in [0.25, 0.3) is 5.40 Å². The Kier molecular flexibility index (Phi) is 30.1. The van der Waals surface area contributed by atoms with Gasteiger partial charge in [-0.15, -0.1) is 43.4 Å². The Morgan fingerprint density at radius 3 is 2.10 bits per heavy atom. The van der Waals surface area contributed by atoms with Gasteiger partial charge in [0.2, 0.25) is 0 Å². The molecule has 1 N–H and O–H groups in total. The van der Waals surface area contributed by atoms with E-state index in [9.17, 15) is 0 Å². The van der Waals surface area contributed by atoms with Gasteiger partial charge in [-0.3, -0.25) is 0 Å². The SMILES string of the molecule is C1=CCC2CC[CH-]C2=C1.C[Si](C)(C)[NH-].Cl.Cl.[CH3-].[CH3-].[SiH2]=[Zr]. The molecule has 1 nitrogen and oxygen atoms in total. The Labute approximate surface area is 157 Å². The number of hydrogen-bond donors (Lipinski definition) is 0. The maximum atomic E-state index is 7.08. The molecule has 2 rings (SSSR count). The first-order chi connectivity index (χ1) is 7.47. The van der Waals surface area contributed by atoms with E-state index < -0.39 is 8.24 Å². The van der Waals surface area contributed by atoms with Crippen LogP contribution in [0.2, 0.25) is 19.6 Å². The zero-order chi connectivity index (χ0) is 12.6. The summed E-state index contributed by atoms with van der Waals surface area (Å²) in [6, 6.07) is 0. The van der Waals surface area contributed by atoms with E-state index in [2.05, 4.69) is 24.6 Å². The third-order valence-electron chi connectivity index (χ3n) is 2.21. The van der Waals surface area contributed by atoms with Gasteiger partial charge in [0.05, 0.1) is 0 Å². The zero-order valence-electron chi connectivity index (χ0n) is 13.5. The van der Waals surface area contributed by atoms with Gasteiger partial charge in [0.25, 0.3) is 0 Å². The fraction of sp³-hybridized carbons (Fsp3) is 0.500. The molecule has 0 bridgehead atoms. The van der Waals surface area contributed by atoms with Crippen molar-refractivity contribution in [3.8, 4) is 0 Å². The number of nitrogens with one attached hydrogen (secondary N) is 1. The van der Waals surface area contributed by atoms with Crippen LogP contribution in [-0.4, -0.2) is 15.1 Å². The first-order valence-electron chi connectivity index (χ1n) is 5.77. The average molecular weight is 432 g/mol. The Bertz CT molecular complexity index is 260. The molecule has 20 heavy (non-hydrogen) atoms. The van der Waals surface area contributed by atoms with Crippen LogP contribution in [0.4, 0.5) is 0 Å². The van der Waals surface area contributed by atoms with Gasteiger partial charge < -0.3 is 20.3 Å². The van der Waals surface area contributed by atoms with E-state index in [1.807, 2.05) is 26.5 Å². The first kappa shape index (κ1) is 33.0. The van der Waals surface area contributed by atoms with Crippen LogP contribution in [0.15, 0.2) is 23.8 Å². The van der Waals surface area contributed by atoms with Gasteiger partial charge >= 0.3 is 30.2 Å². The van der Waals surface area contributed by atoms with Crippen molar-refractivity contribution in [2.24, 2.45) is 5.92 Å². The van der Waals surface area contributed by atoms with Gasteiger partial charge in [0, 0.05) is 0 Å². The van der Waals surface area contributed by atoms with E-state index in [1.54, 1.807) is 28.9 Å². The molecule has 122 valence electrons. The number of rotatable bonds is 0. The van der Waals surface area contributed by atoms with Gasteiger partial charge in [-0.25, -0.2) is 18.1 Å². The second kappa shape index (κ2) is 18.3. The van der Waals surface area contributed by atoms with Gasteiger partial charge in [0.15, 0.2) is 0 Å². The molecule has 0 saturated heterocycles. The van der Waals surface area contributed by atoms with E-state index in [-0.39, 0.29) is 39.7 Å². The van der Waals surface area contributed by atoms with Crippen molar-refractivity contribution < 1.29 is 23.3 Å². The molecule has 0 aliphatic heterocycles. The molecule has 1 saturated carbocycles. The summed E-state index contributed by atoms with van der Waals surface area (Å²) < 4.78 is 0. The summed E-state index contributed by atoms with van der Waals surface area (Å²) in [6.45, 7) is 7.93. The maximum absolute atomic E-state index is 7.08. The number of allylic oxidation sites excluding steroid dienone is 4. The van der Waals surface area contributed by atoms with Crippen LogP contribution in [0.1, 0.15) is 19.3 Å². The van der Waals surface area contributed by atoms with Crippen LogP contribution >= 0.6 is 24.8 Å². The van der Waals surface area contributed by atoms with E-state index in [4.69, 9.17) is 5.40 Å². The van der Waals surface area contributed by atoms with E-state index in [0.717, 1.165) is 5.92 Å². The summed E-state index contributed by atoms with van der Waals surface area (Å²) in [5, 5.41) is 7.08. The van der Waals surface area contributed by atoms with E-state index in [1.165, 1.54) is 19.3 Å². The molecule has 0 aromatic rings. The van der Waals surface area contributed by atoms with Crippen molar-refractivity contribution in [1.82, 2.24) is 0 Å². The molecule has 1 fully saturated rings. The molecule has 0 spiro atoms. The molecule has 6 heteroatoms. The third kappa shape index (κ3) is 19.2. The van der Waals surface area contributed by atoms with Gasteiger partial charge in [-0.2, -0.15) is 0 Å². The summed E-state index contributed by atoms with van der Waals surface area (Å²) >= 11 is 1.58. The second-order valence-corrected chi connectivity index (χ2v) is 9.56. The van der Waals surface area contributed by atoms with Crippen LogP contribution in [-0.2, 0) is 23.3 Å². The Morgan fingerprint density at radius 1 is 1.25 bits per heavy atom. The summed E-state index contributed by atoms with van der Waals surface area (Å²) in [4.78, 5) is 0. The standard InChI is InChI=1S/C9H11.C3H10NSi.2CH3.2ClH.H2Si.Zr/c1-2-5-9-7-3-6-8(9)4-1;1-5(2,3)4;;;;;;/h1-2,4,6,9H,3,5,7H2;4H,1-3H3;2*1H3;2*1H;1H2;/q4*-1;;;;. The molecule has 0 aromatic carbocycles. The Hall–Kier alpha value is 1.21. The molecule has 1 unspecified atom stereocenters. The molecule has 0 amide bonds. The molecule has 2 aliphatic rings. The van der Waals surface area contributed by atoms with Crippen molar-refractivity contribution in [2.45, 2.75) is 38.9 Å². The van der Waals surface area contributed by atoms with Crippen LogP contribution in [0.5, 0.6) is 0 Å². The van der Waals surface area contributed by atoms with Crippen molar-refractivity contribution in [1.29, 1.82) is 0 Å². The summed E-state index contributed by atoms with van der Waals surface area (Å²) in [7, 11) is -1.36. The molecule has 0 heterocycles. The van der Waals surface area contributed by atoms with Gasteiger partial charge in [-0.05, 0) is 12.3 Å². The summed E-state index contributed by atoms with van der Waals surface area (Å²) in [6.07, 6.45) is 13.0. The number of fused-ring (bicyclic) bond motifs is 1. The first-order valence-corrected chi connectivity index (χ1v) is 15.2. The number of halogens is 2. The number of hydrogen-bond acceptors (Lipinski definition) is 0. The van der Waals surface area contributed by atoms with Gasteiger partial charge in [0.1, 0.15) is 0 Å². The summed E-state index contributed by atoms with van der Waals surface area (Å²) in [5.74, 6) is 0.884. The van der Waals surface area contributed by atoms with Crippen molar-refractivity contribution in [3.63, 3.8) is 0 Å². The van der Waals surface area contributed by atoms with Crippen molar-refractivity contribution in [3.05, 3.63) is 50.5 Å². The minimum atomic E-state index is -1.36. The molecular formula is C14H31Cl2NSi2Zr-4. The fourth-order valence-corrected chi connectivity index (χ4v) is 1.66. The fourth-order valence-electron chi connectivity index (χ4n) is 1.66. The van der Waals surface area contributed by atoms with Gasteiger partial charge in [-0.1, -0.05) is 34.3 Å². The predicted molar refractivity (Wildman–Crippen MR) is 102 cm³/mol. The Balaban J connectivity index is -0.0000000616. The second-order valence-electron chi connectivity index (χ2n) is 5.06. The van der Waals surface area contributed by atoms with Crippen LogP contribution < -0.4 is 0 Å². The van der Waals surface area contributed by atoms with Crippen molar-refractivity contribution >= 4 is 39.9 Å². The molecule has 2 aliphatic carbocycles. The quantitative estimate of drug-likeness (QED) is 0.372. The van der Waals surface area contributed by atoms with E-state index >= 15 is 0 Å². The van der Waals surface area contributed by atoms with Crippen molar-refractivity contribution in [2.75, 3.05) is 0 Å². The molecule has 0 radical (unpaired) electrons. The monoisotopic (exact) mass is 429 g/mol. The Morgan fingerprint density at radius 2 is 1.70 bits per heavy atom. The minimum absolute atomic E-state index is 0.